The second kappa shape index (κ2) is 11.4. The number of carbonyl (C=O) groups excluding carboxylic acids is 1. The molecule has 3 unspecified atom stereocenters. The molecule has 41 heavy (non-hydrogen) atoms. The fourth-order valence-electron chi connectivity index (χ4n) is 6.22. The van der Waals surface area contributed by atoms with E-state index >= 15 is 0 Å². The lowest BCUT2D eigenvalue weighted by Gasteiger charge is -2.46. The van der Waals surface area contributed by atoms with Crippen LogP contribution in [-0.4, -0.2) is 63.7 Å². The molecule has 0 spiro atoms. The van der Waals surface area contributed by atoms with E-state index in [1.54, 1.807) is 23.5 Å². The molecule has 3 atom stereocenters. The Balaban J connectivity index is 1.09. The highest BCUT2D eigenvalue weighted by atomic mass is 32.1. The van der Waals surface area contributed by atoms with Crippen LogP contribution in [-0.2, 0) is 9.53 Å². The highest BCUT2D eigenvalue weighted by Crippen LogP contribution is 2.42. The molecule has 2 fully saturated rings. The second-order valence-corrected chi connectivity index (χ2v) is 12.5. The van der Waals surface area contributed by atoms with Gasteiger partial charge in [0.15, 0.2) is 5.76 Å². The monoisotopic (exact) mass is 576 g/mol. The lowest BCUT2D eigenvalue weighted by Crippen LogP contribution is -2.55. The van der Waals surface area contributed by atoms with Crippen LogP contribution >= 0.6 is 11.3 Å². The van der Waals surface area contributed by atoms with Crippen LogP contribution < -0.4 is 4.74 Å². The maximum atomic E-state index is 12.2. The highest BCUT2D eigenvalue weighted by Gasteiger charge is 2.40. The molecule has 0 bridgehead atoms. The number of para-hydroxylation sites is 1. The van der Waals surface area contributed by atoms with Gasteiger partial charge >= 0.3 is 5.97 Å². The maximum absolute atomic E-state index is 12.2. The Hall–Kier alpha value is -3.50. The Morgan fingerprint density at radius 1 is 1.12 bits per heavy atom. The number of aromatic nitrogens is 3. The number of rotatable bonds is 8. The van der Waals surface area contributed by atoms with Crippen molar-refractivity contribution in [3.8, 4) is 22.9 Å². The Morgan fingerprint density at radius 3 is 2.59 bits per heavy atom. The second-order valence-electron chi connectivity index (χ2n) is 11.5. The van der Waals surface area contributed by atoms with Gasteiger partial charge in [0.1, 0.15) is 22.6 Å². The highest BCUT2D eigenvalue weighted by molar-refractivity contribution is 7.18. The van der Waals surface area contributed by atoms with Gasteiger partial charge in [-0.25, -0.2) is 0 Å². The number of hydrogen-bond donors (Lipinski definition) is 1. The smallest absolute Gasteiger partial charge is 0.316 e. The van der Waals surface area contributed by atoms with Crippen LogP contribution in [0, 0.1) is 12.8 Å². The summed E-state index contributed by atoms with van der Waals surface area (Å²) in [6.07, 6.45) is 4.31. The summed E-state index contributed by atoms with van der Waals surface area (Å²) >= 11 is 1.75. The van der Waals surface area contributed by atoms with E-state index in [1.807, 2.05) is 32.0 Å². The largest absolute Gasteiger partial charge is 0.507 e. The number of aromatic hydroxyl groups is 1. The van der Waals surface area contributed by atoms with Gasteiger partial charge < -0.3 is 19.1 Å². The van der Waals surface area contributed by atoms with Gasteiger partial charge in [0.2, 0.25) is 0 Å². The third-order valence-electron chi connectivity index (χ3n) is 8.67. The fourth-order valence-corrected chi connectivity index (χ4v) is 7.50. The van der Waals surface area contributed by atoms with Crippen LogP contribution in [0.2, 0.25) is 0 Å². The number of carbonyl (C=O) groups is 1. The summed E-state index contributed by atoms with van der Waals surface area (Å²) in [6.45, 7) is 8.12. The molecule has 9 nitrogen and oxygen atoms in total. The van der Waals surface area contributed by atoms with E-state index < -0.39 is 5.92 Å². The van der Waals surface area contributed by atoms with Crippen molar-refractivity contribution < 1.29 is 23.9 Å². The van der Waals surface area contributed by atoms with Crippen molar-refractivity contribution in [2.75, 3.05) is 20.2 Å². The van der Waals surface area contributed by atoms with E-state index in [0.717, 1.165) is 49.0 Å². The molecule has 3 aromatic heterocycles. The van der Waals surface area contributed by atoms with Crippen LogP contribution in [0.3, 0.4) is 0 Å². The predicted octanol–water partition coefficient (Wildman–Crippen LogP) is 6.06. The van der Waals surface area contributed by atoms with Gasteiger partial charge in [-0.1, -0.05) is 26.0 Å². The van der Waals surface area contributed by atoms with E-state index in [-0.39, 0.29) is 23.7 Å². The number of nitrogens with zero attached hydrogens (tertiary/aromatic N) is 4. The number of piperidine rings is 1. The van der Waals surface area contributed by atoms with Gasteiger partial charge in [-0.05, 0) is 86.5 Å². The molecule has 10 heteroatoms. The lowest BCUT2D eigenvalue weighted by molar-refractivity contribution is -0.144. The first-order valence-electron chi connectivity index (χ1n) is 14.3. The van der Waals surface area contributed by atoms with Crippen molar-refractivity contribution in [2.45, 2.75) is 70.4 Å². The number of methoxy groups -OCH3 is 1. The topological polar surface area (TPSA) is 111 Å². The number of ether oxygens (including phenoxy) is 2. The van der Waals surface area contributed by atoms with Gasteiger partial charge in [-0.15, -0.1) is 21.5 Å². The molecule has 1 aliphatic carbocycles. The average molecular weight is 577 g/mol. The number of aryl methyl sites for hydroxylation is 1. The SMILES string of the molecule is COC(=O)C(c1cc(OC2CCC2N2CCC(c3sc4nnc(-c5ccccc5O)cc4c3C)CC2)no1)C(C)C. The van der Waals surface area contributed by atoms with E-state index in [2.05, 4.69) is 33.2 Å². The molecule has 0 radical (unpaired) electrons. The first-order chi connectivity index (χ1) is 19.8. The van der Waals surface area contributed by atoms with Crippen molar-refractivity contribution in [1.29, 1.82) is 0 Å². The predicted molar refractivity (Wildman–Crippen MR) is 156 cm³/mol. The van der Waals surface area contributed by atoms with Gasteiger partial charge in [-0.2, -0.15) is 0 Å². The minimum absolute atomic E-state index is 0.0249. The molecule has 1 saturated carbocycles. The molecule has 1 N–H and O–H groups in total. The molecule has 4 aromatic rings. The van der Waals surface area contributed by atoms with Crippen molar-refractivity contribution >= 4 is 27.5 Å². The molecule has 1 aromatic carbocycles. The Bertz CT molecular complexity index is 1540. The first-order valence-corrected chi connectivity index (χ1v) is 15.2. The summed E-state index contributed by atoms with van der Waals surface area (Å²) in [6, 6.07) is 11.4. The molecule has 2 aliphatic rings. The summed E-state index contributed by atoms with van der Waals surface area (Å²) in [7, 11) is 1.39. The molecule has 216 valence electrons. The van der Waals surface area contributed by atoms with Gasteiger partial charge in [0.25, 0.3) is 5.88 Å². The Morgan fingerprint density at radius 2 is 1.90 bits per heavy atom. The first kappa shape index (κ1) is 27.7. The van der Waals surface area contributed by atoms with E-state index in [4.69, 9.17) is 14.0 Å². The number of hydrogen-bond acceptors (Lipinski definition) is 10. The van der Waals surface area contributed by atoms with Crippen LogP contribution in [0.25, 0.3) is 21.5 Å². The summed E-state index contributed by atoms with van der Waals surface area (Å²) < 4.78 is 16.7. The van der Waals surface area contributed by atoms with E-state index in [0.29, 0.717) is 34.9 Å². The molecular formula is C31H36N4O5S. The molecule has 0 amide bonds. The van der Waals surface area contributed by atoms with E-state index in [1.165, 1.54) is 17.6 Å². The summed E-state index contributed by atoms with van der Waals surface area (Å²) in [4.78, 5) is 17.1. The third-order valence-corrected chi connectivity index (χ3v) is 10.0. The Kier molecular flexibility index (Phi) is 7.70. The van der Waals surface area contributed by atoms with Crippen molar-refractivity contribution in [3.63, 3.8) is 0 Å². The lowest BCUT2D eigenvalue weighted by atomic mass is 9.84. The van der Waals surface area contributed by atoms with Crippen molar-refractivity contribution in [2.24, 2.45) is 5.92 Å². The zero-order chi connectivity index (χ0) is 28.7. The van der Waals surface area contributed by atoms with Gasteiger partial charge in [-0.3, -0.25) is 9.69 Å². The minimum atomic E-state index is -0.499. The molecule has 1 saturated heterocycles. The minimum Gasteiger partial charge on any atom is -0.507 e. The van der Waals surface area contributed by atoms with Crippen LogP contribution in [0.1, 0.15) is 67.6 Å². The van der Waals surface area contributed by atoms with Crippen molar-refractivity contribution in [3.05, 3.63) is 52.6 Å². The summed E-state index contributed by atoms with van der Waals surface area (Å²) in [5.74, 6) is 0.814. The fraction of sp³-hybridized carbons (Fsp3) is 0.484. The number of phenols is 1. The molecular weight excluding hydrogens is 540 g/mol. The number of thiophene rings is 1. The average Bonchev–Trinajstić information content (AvgIpc) is 3.55. The number of esters is 1. The van der Waals surface area contributed by atoms with Crippen LogP contribution in [0.5, 0.6) is 11.6 Å². The number of fused-ring (bicyclic) bond motifs is 1. The molecule has 1 aliphatic heterocycles. The zero-order valence-corrected chi connectivity index (χ0v) is 24.7. The summed E-state index contributed by atoms with van der Waals surface area (Å²) in [5.41, 5.74) is 2.66. The number of phenolic OH excluding ortho intramolecular Hbond substituents is 1. The number of benzene rings is 1. The normalized spacial score (nSPS) is 20.7. The van der Waals surface area contributed by atoms with Crippen LogP contribution in [0.4, 0.5) is 0 Å². The third kappa shape index (κ3) is 5.30. The molecule has 4 heterocycles. The number of likely N-dealkylation sites (tertiary alicyclic amines) is 1. The maximum Gasteiger partial charge on any atom is 0.316 e. The molecule has 6 rings (SSSR count). The zero-order valence-electron chi connectivity index (χ0n) is 23.9. The van der Waals surface area contributed by atoms with Crippen molar-refractivity contribution in [1.82, 2.24) is 20.3 Å². The summed E-state index contributed by atoms with van der Waals surface area (Å²) in [5, 5.41) is 24.4. The standard InChI is InChI=1S/C31H36N4O5S/c1-17(2)28(31(37)38-4)26-16-27(34-40-26)39-25-10-9-23(25)35-13-11-19(12-14-35)29-18(3)21-15-22(32-33-30(21)41-29)20-7-5-6-8-24(20)36/h5-8,15-17,19,23,25,28,36H,9-14H2,1-4H3. The quantitative estimate of drug-likeness (QED) is 0.250. The van der Waals surface area contributed by atoms with Gasteiger partial charge in [0.05, 0.1) is 12.8 Å². The van der Waals surface area contributed by atoms with Crippen LogP contribution in [0.15, 0.2) is 40.9 Å². The Labute approximate surface area is 243 Å². The van der Waals surface area contributed by atoms with Gasteiger partial charge in [0, 0.05) is 27.9 Å². The van der Waals surface area contributed by atoms with E-state index in [9.17, 15) is 9.90 Å².